The molecule has 2 heteroatoms. The molecule has 2 aromatic carbocycles. The Morgan fingerprint density at radius 2 is 1.56 bits per heavy atom. The molecule has 0 aromatic heterocycles. The summed E-state index contributed by atoms with van der Waals surface area (Å²) in [5, 5.41) is 19.0. The topological polar surface area (TPSA) is 40.5 Å². The summed E-state index contributed by atoms with van der Waals surface area (Å²) in [6.45, 7) is 0. The van der Waals surface area contributed by atoms with E-state index in [-0.39, 0.29) is 0 Å². The van der Waals surface area contributed by atoms with Gasteiger partial charge in [-0.2, -0.15) is 0 Å². The van der Waals surface area contributed by atoms with Crippen LogP contribution in [0, 0.1) is 0 Å². The second-order valence-electron chi connectivity index (χ2n) is 4.51. The van der Waals surface area contributed by atoms with Crippen molar-refractivity contribution in [2.75, 3.05) is 0 Å². The normalized spacial score (nSPS) is 10.4. The first-order valence-corrected chi connectivity index (χ1v) is 6.30. The minimum absolute atomic E-state index is 0.327. The molecule has 0 aliphatic heterocycles. The van der Waals surface area contributed by atoms with Crippen LogP contribution in [-0.2, 0) is 12.8 Å². The Labute approximate surface area is 108 Å². The summed E-state index contributed by atoms with van der Waals surface area (Å²) < 4.78 is 0. The lowest BCUT2D eigenvalue weighted by Crippen LogP contribution is -1.89. The number of aromatic hydroxyl groups is 2. The molecule has 2 N–H and O–H groups in total. The zero-order valence-corrected chi connectivity index (χ0v) is 10.3. The fraction of sp³-hybridized carbons (Fsp3) is 0.250. The maximum atomic E-state index is 9.63. The molecule has 2 aromatic rings. The fourth-order valence-electron chi connectivity index (χ4n) is 2.08. The Morgan fingerprint density at radius 3 is 2.33 bits per heavy atom. The predicted molar refractivity (Wildman–Crippen MR) is 72.9 cm³/mol. The van der Waals surface area contributed by atoms with Crippen LogP contribution in [0.25, 0.3) is 0 Å². The number of phenols is 2. The molecule has 2 nitrogen and oxygen atoms in total. The lowest BCUT2D eigenvalue weighted by Gasteiger charge is -2.04. The molecule has 18 heavy (non-hydrogen) atoms. The zero-order chi connectivity index (χ0) is 12.8. The van der Waals surface area contributed by atoms with E-state index in [9.17, 15) is 10.2 Å². The van der Waals surface area contributed by atoms with Crippen molar-refractivity contribution in [3.8, 4) is 11.5 Å². The Bertz CT molecular complexity index is 506. The van der Waals surface area contributed by atoms with E-state index < -0.39 is 0 Å². The largest absolute Gasteiger partial charge is 0.508 e. The third-order valence-electron chi connectivity index (χ3n) is 3.06. The van der Waals surface area contributed by atoms with Gasteiger partial charge in [-0.25, -0.2) is 0 Å². The highest BCUT2D eigenvalue weighted by molar-refractivity contribution is 5.31. The summed E-state index contributed by atoms with van der Waals surface area (Å²) in [7, 11) is 0. The van der Waals surface area contributed by atoms with Crippen molar-refractivity contribution in [3.63, 3.8) is 0 Å². The lowest BCUT2D eigenvalue weighted by molar-refractivity contribution is 0.466. The molecule has 0 radical (unpaired) electrons. The molecular formula is C16H18O2. The van der Waals surface area contributed by atoms with Gasteiger partial charge in [0, 0.05) is 0 Å². The van der Waals surface area contributed by atoms with Gasteiger partial charge in [-0.3, -0.25) is 0 Å². The molecule has 0 fully saturated rings. The monoisotopic (exact) mass is 242 g/mol. The maximum absolute atomic E-state index is 9.63. The maximum Gasteiger partial charge on any atom is 0.118 e. The molecule has 0 heterocycles. The molecule has 0 bridgehead atoms. The highest BCUT2D eigenvalue weighted by Crippen LogP contribution is 2.19. The minimum Gasteiger partial charge on any atom is -0.508 e. The van der Waals surface area contributed by atoms with E-state index in [1.165, 1.54) is 0 Å². The van der Waals surface area contributed by atoms with Crippen LogP contribution in [0.5, 0.6) is 11.5 Å². The number of phenolic OH excluding ortho intramolecular Hbond substituents is 2. The summed E-state index contributed by atoms with van der Waals surface area (Å²) >= 11 is 0. The van der Waals surface area contributed by atoms with E-state index in [4.69, 9.17) is 0 Å². The van der Waals surface area contributed by atoms with E-state index in [0.717, 1.165) is 36.8 Å². The Kier molecular flexibility index (Phi) is 4.24. The molecule has 0 unspecified atom stereocenters. The van der Waals surface area contributed by atoms with Gasteiger partial charge in [0.2, 0.25) is 0 Å². The lowest BCUT2D eigenvalue weighted by atomic mass is 10.0. The van der Waals surface area contributed by atoms with E-state index >= 15 is 0 Å². The van der Waals surface area contributed by atoms with Gasteiger partial charge in [0.25, 0.3) is 0 Å². The molecule has 0 atom stereocenters. The minimum atomic E-state index is 0.327. The number of rotatable bonds is 5. The predicted octanol–water partition coefficient (Wildman–Crippen LogP) is 3.66. The van der Waals surface area contributed by atoms with Crippen molar-refractivity contribution in [3.05, 3.63) is 59.7 Å². The van der Waals surface area contributed by atoms with Crippen molar-refractivity contribution in [2.45, 2.75) is 25.7 Å². The van der Waals surface area contributed by atoms with Gasteiger partial charge in [-0.15, -0.1) is 0 Å². The highest BCUT2D eigenvalue weighted by Gasteiger charge is 2.00. The van der Waals surface area contributed by atoms with E-state index in [2.05, 4.69) is 0 Å². The van der Waals surface area contributed by atoms with Crippen molar-refractivity contribution >= 4 is 0 Å². The first-order valence-electron chi connectivity index (χ1n) is 6.30. The van der Waals surface area contributed by atoms with Gasteiger partial charge >= 0.3 is 0 Å². The van der Waals surface area contributed by atoms with Crippen molar-refractivity contribution in [1.29, 1.82) is 0 Å². The van der Waals surface area contributed by atoms with Crippen LogP contribution in [0.15, 0.2) is 48.5 Å². The van der Waals surface area contributed by atoms with Crippen LogP contribution < -0.4 is 0 Å². The average Bonchev–Trinajstić information content (AvgIpc) is 2.37. The summed E-state index contributed by atoms with van der Waals surface area (Å²) in [4.78, 5) is 0. The second-order valence-corrected chi connectivity index (χ2v) is 4.51. The Morgan fingerprint density at radius 1 is 0.778 bits per heavy atom. The molecule has 2 rings (SSSR count). The number of hydrogen-bond donors (Lipinski definition) is 2. The van der Waals surface area contributed by atoms with Gasteiger partial charge in [0.1, 0.15) is 11.5 Å². The third-order valence-corrected chi connectivity index (χ3v) is 3.06. The number of unbranched alkanes of at least 4 members (excludes halogenated alkanes) is 1. The van der Waals surface area contributed by atoms with E-state index in [0.29, 0.717) is 11.5 Å². The van der Waals surface area contributed by atoms with Gasteiger partial charge in [0.15, 0.2) is 0 Å². The summed E-state index contributed by atoms with van der Waals surface area (Å²) in [6, 6.07) is 14.9. The highest BCUT2D eigenvalue weighted by atomic mass is 16.3. The Balaban J connectivity index is 1.78. The molecule has 0 spiro atoms. The SMILES string of the molecule is Oc1cccc(CCCCc2ccccc2O)c1. The van der Waals surface area contributed by atoms with Gasteiger partial charge < -0.3 is 10.2 Å². The van der Waals surface area contributed by atoms with Crippen LogP contribution >= 0.6 is 0 Å². The summed E-state index contributed by atoms with van der Waals surface area (Å²) in [5.74, 6) is 0.711. The number of para-hydroxylation sites is 1. The molecule has 94 valence electrons. The first-order chi connectivity index (χ1) is 8.75. The van der Waals surface area contributed by atoms with Gasteiger partial charge in [-0.05, 0) is 55.0 Å². The molecule has 0 saturated heterocycles. The van der Waals surface area contributed by atoms with E-state index in [1.54, 1.807) is 18.2 Å². The standard InChI is InChI=1S/C16H18O2/c17-15-10-5-7-13(12-15)6-1-2-8-14-9-3-4-11-16(14)18/h3-5,7,9-12,17-18H,1-2,6,8H2. The van der Waals surface area contributed by atoms with Crippen LogP contribution in [0.2, 0.25) is 0 Å². The zero-order valence-electron chi connectivity index (χ0n) is 10.3. The molecule has 0 aliphatic carbocycles. The number of aryl methyl sites for hydroxylation is 2. The van der Waals surface area contributed by atoms with E-state index in [1.807, 2.05) is 30.3 Å². The quantitative estimate of drug-likeness (QED) is 0.785. The Hall–Kier alpha value is -1.96. The third kappa shape index (κ3) is 3.52. The molecule has 0 saturated carbocycles. The van der Waals surface area contributed by atoms with Crippen molar-refractivity contribution < 1.29 is 10.2 Å². The average molecular weight is 242 g/mol. The van der Waals surface area contributed by atoms with Crippen molar-refractivity contribution in [1.82, 2.24) is 0 Å². The second kappa shape index (κ2) is 6.10. The van der Waals surface area contributed by atoms with Crippen LogP contribution in [0.4, 0.5) is 0 Å². The molecular weight excluding hydrogens is 224 g/mol. The smallest absolute Gasteiger partial charge is 0.118 e. The van der Waals surface area contributed by atoms with Crippen LogP contribution in [-0.4, -0.2) is 10.2 Å². The number of hydrogen-bond acceptors (Lipinski definition) is 2. The summed E-state index contributed by atoms with van der Waals surface area (Å²) in [6.07, 6.45) is 3.94. The van der Waals surface area contributed by atoms with Crippen molar-refractivity contribution in [2.24, 2.45) is 0 Å². The first kappa shape index (κ1) is 12.5. The van der Waals surface area contributed by atoms with Gasteiger partial charge in [-0.1, -0.05) is 30.3 Å². The van der Waals surface area contributed by atoms with Crippen LogP contribution in [0.1, 0.15) is 24.0 Å². The summed E-state index contributed by atoms with van der Waals surface area (Å²) in [5.41, 5.74) is 2.17. The van der Waals surface area contributed by atoms with Gasteiger partial charge in [0.05, 0.1) is 0 Å². The number of benzene rings is 2. The molecule has 0 amide bonds. The molecule has 0 aliphatic rings. The van der Waals surface area contributed by atoms with Crippen LogP contribution in [0.3, 0.4) is 0 Å². The fourth-order valence-corrected chi connectivity index (χ4v) is 2.08.